The molecular formula is C13H15ClN2O4. The molecule has 0 radical (unpaired) electrons. The van der Waals surface area contributed by atoms with Crippen molar-refractivity contribution in [1.29, 1.82) is 0 Å². The highest BCUT2D eigenvalue weighted by atomic mass is 35.5. The summed E-state index contributed by atoms with van der Waals surface area (Å²) < 4.78 is 0. The van der Waals surface area contributed by atoms with Crippen LogP contribution in [-0.4, -0.2) is 29.1 Å². The lowest BCUT2D eigenvalue weighted by Crippen LogP contribution is -2.32. The van der Waals surface area contributed by atoms with Crippen molar-refractivity contribution in [2.45, 2.75) is 6.92 Å². The molecular weight excluding hydrogens is 284 g/mol. The van der Waals surface area contributed by atoms with Crippen molar-refractivity contribution in [3.63, 3.8) is 0 Å². The molecule has 1 aromatic carbocycles. The second kappa shape index (κ2) is 6.91. The van der Waals surface area contributed by atoms with Crippen LogP contribution >= 0.6 is 11.6 Å². The van der Waals surface area contributed by atoms with E-state index in [0.29, 0.717) is 12.2 Å². The Balaban J connectivity index is 3.05. The van der Waals surface area contributed by atoms with Crippen LogP contribution in [0.2, 0.25) is 5.02 Å². The number of benzene rings is 1. The number of nitro groups is 1. The van der Waals surface area contributed by atoms with Gasteiger partial charge in [0, 0.05) is 25.2 Å². The predicted octanol–water partition coefficient (Wildman–Crippen LogP) is 2.96. The van der Waals surface area contributed by atoms with Crippen molar-refractivity contribution in [3.05, 3.63) is 46.0 Å². The molecule has 0 aliphatic rings. The summed E-state index contributed by atoms with van der Waals surface area (Å²) in [4.78, 5) is 22.8. The lowest BCUT2D eigenvalue weighted by molar-refractivity contribution is -0.384. The minimum absolute atomic E-state index is 0.108. The summed E-state index contributed by atoms with van der Waals surface area (Å²) in [6.45, 7) is 5.83. The quantitative estimate of drug-likeness (QED) is 0.475. The van der Waals surface area contributed by atoms with E-state index >= 15 is 0 Å². The van der Waals surface area contributed by atoms with Gasteiger partial charge in [-0.1, -0.05) is 24.6 Å². The van der Waals surface area contributed by atoms with Crippen molar-refractivity contribution in [1.82, 2.24) is 0 Å². The summed E-state index contributed by atoms with van der Waals surface area (Å²) >= 11 is 6.04. The van der Waals surface area contributed by atoms with Crippen LogP contribution in [0.3, 0.4) is 0 Å². The smallest absolute Gasteiger partial charge is 0.308 e. The molecule has 1 aromatic rings. The maximum absolute atomic E-state index is 10.9. The van der Waals surface area contributed by atoms with E-state index in [-0.39, 0.29) is 17.3 Å². The van der Waals surface area contributed by atoms with Gasteiger partial charge in [0.1, 0.15) is 0 Å². The lowest BCUT2D eigenvalue weighted by Gasteiger charge is -2.26. The largest absolute Gasteiger partial charge is 0.481 e. The van der Waals surface area contributed by atoms with E-state index in [4.69, 9.17) is 16.7 Å². The molecule has 0 bridgehead atoms. The van der Waals surface area contributed by atoms with Crippen molar-refractivity contribution in [2.75, 3.05) is 18.0 Å². The molecule has 1 N–H and O–H groups in total. The highest BCUT2D eigenvalue weighted by Crippen LogP contribution is 2.30. The van der Waals surface area contributed by atoms with Crippen molar-refractivity contribution >= 4 is 28.9 Å². The van der Waals surface area contributed by atoms with Crippen molar-refractivity contribution in [2.24, 2.45) is 5.92 Å². The molecule has 1 atom stereocenters. The Hall–Kier alpha value is -2.08. The molecule has 0 fully saturated rings. The molecule has 0 aliphatic heterocycles. The van der Waals surface area contributed by atoms with Crippen LogP contribution in [0.5, 0.6) is 0 Å². The molecule has 7 heteroatoms. The Kier molecular flexibility index (Phi) is 5.52. The molecule has 1 rings (SSSR count). The molecule has 20 heavy (non-hydrogen) atoms. The maximum atomic E-state index is 10.9. The fourth-order valence-electron chi connectivity index (χ4n) is 1.70. The standard InChI is InChI=1S/C13H15ClN2O4/c1-3-6-15(8-9(2)13(17)18)12-5-4-10(16(19)20)7-11(12)14/h3-5,7,9H,1,6,8H2,2H3,(H,17,18). The average molecular weight is 299 g/mol. The molecule has 0 amide bonds. The number of aliphatic carboxylic acids is 1. The highest BCUT2D eigenvalue weighted by Gasteiger charge is 2.19. The van der Waals surface area contributed by atoms with Gasteiger partial charge in [-0.05, 0) is 6.07 Å². The number of rotatable bonds is 7. The van der Waals surface area contributed by atoms with Gasteiger partial charge >= 0.3 is 5.97 Å². The number of non-ortho nitro benzene ring substituents is 1. The third-order valence-corrected chi connectivity index (χ3v) is 3.05. The van der Waals surface area contributed by atoms with E-state index in [1.165, 1.54) is 18.2 Å². The predicted molar refractivity (Wildman–Crippen MR) is 77.3 cm³/mol. The fourth-order valence-corrected chi connectivity index (χ4v) is 2.00. The third-order valence-electron chi connectivity index (χ3n) is 2.75. The van der Waals surface area contributed by atoms with E-state index in [1.807, 2.05) is 0 Å². The summed E-state index contributed by atoms with van der Waals surface area (Å²) in [5, 5.41) is 19.8. The van der Waals surface area contributed by atoms with Gasteiger partial charge in [-0.2, -0.15) is 0 Å². The zero-order valence-electron chi connectivity index (χ0n) is 11.0. The summed E-state index contributed by atoms with van der Waals surface area (Å²) in [6, 6.07) is 4.10. The Morgan fingerprint density at radius 1 is 1.65 bits per heavy atom. The van der Waals surface area contributed by atoms with Gasteiger partial charge in [-0.3, -0.25) is 14.9 Å². The third kappa shape index (κ3) is 3.96. The summed E-state index contributed by atoms with van der Waals surface area (Å²) in [7, 11) is 0. The molecule has 0 saturated carbocycles. The van der Waals surface area contributed by atoms with E-state index in [1.54, 1.807) is 17.9 Å². The first-order valence-corrected chi connectivity index (χ1v) is 6.27. The zero-order chi connectivity index (χ0) is 15.3. The van der Waals surface area contributed by atoms with Crippen LogP contribution in [0.15, 0.2) is 30.9 Å². The highest BCUT2D eigenvalue weighted by molar-refractivity contribution is 6.33. The van der Waals surface area contributed by atoms with Crippen LogP contribution in [-0.2, 0) is 4.79 Å². The molecule has 0 aliphatic carbocycles. The Labute approximate surface area is 121 Å². The van der Waals surface area contributed by atoms with E-state index in [9.17, 15) is 14.9 Å². The number of halogens is 1. The summed E-state index contributed by atoms with van der Waals surface area (Å²) in [5.74, 6) is -1.52. The van der Waals surface area contributed by atoms with Crippen LogP contribution in [0, 0.1) is 16.0 Å². The lowest BCUT2D eigenvalue weighted by atomic mass is 10.1. The Morgan fingerprint density at radius 2 is 2.30 bits per heavy atom. The molecule has 1 unspecified atom stereocenters. The van der Waals surface area contributed by atoms with E-state index in [2.05, 4.69) is 6.58 Å². The van der Waals surface area contributed by atoms with Gasteiger partial charge in [0.05, 0.1) is 21.6 Å². The molecule has 0 aromatic heterocycles. The molecule has 0 saturated heterocycles. The fraction of sp³-hybridized carbons (Fsp3) is 0.308. The Morgan fingerprint density at radius 3 is 2.75 bits per heavy atom. The summed E-state index contributed by atoms with van der Waals surface area (Å²) in [6.07, 6.45) is 1.62. The van der Waals surface area contributed by atoms with Crippen LogP contribution in [0.4, 0.5) is 11.4 Å². The first-order valence-electron chi connectivity index (χ1n) is 5.89. The molecule has 0 spiro atoms. The number of carboxylic acids is 1. The second-order valence-electron chi connectivity index (χ2n) is 4.33. The van der Waals surface area contributed by atoms with Gasteiger partial charge in [-0.25, -0.2) is 0 Å². The number of nitrogens with zero attached hydrogens (tertiary/aromatic N) is 2. The van der Waals surface area contributed by atoms with Crippen LogP contribution in [0.1, 0.15) is 6.92 Å². The number of anilines is 1. The maximum Gasteiger partial charge on any atom is 0.308 e. The normalized spacial score (nSPS) is 11.7. The van der Waals surface area contributed by atoms with E-state index < -0.39 is 16.8 Å². The topological polar surface area (TPSA) is 83.7 Å². The number of hydrogen-bond donors (Lipinski definition) is 1. The first-order chi connectivity index (χ1) is 9.36. The monoisotopic (exact) mass is 298 g/mol. The van der Waals surface area contributed by atoms with Crippen LogP contribution in [0.25, 0.3) is 0 Å². The minimum Gasteiger partial charge on any atom is -0.481 e. The average Bonchev–Trinajstić information content (AvgIpc) is 2.37. The molecule has 108 valence electrons. The van der Waals surface area contributed by atoms with Crippen LogP contribution < -0.4 is 4.90 Å². The Bertz CT molecular complexity index is 533. The molecule has 0 heterocycles. The minimum atomic E-state index is -0.919. The number of carbonyl (C=O) groups is 1. The SMILES string of the molecule is C=CCN(CC(C)C(=O)O)c1ccc([N+](=O)[O-])cc1Cl. The van der Waals surface area contributed by atoms with Gasteiger partial charge in [0.25, 0.3) is 5.69 Å². The van der Waals surface area contributed by atoms with Gasteiger partial charge < -0.3 is 10.0 Å². The summed E-state index contributed by atoms with van der Waals surface area (Å²) in [5.41, 5.74) is 0.439. The van der Waals surface area contributed by atoms with Crippen molar-refractivity contribution in [3.8, 4) is 0 Å². The number of carboxylic acid groups (broad SMARTS) is 1. The van der Waals surface area contributed by atoms with Gasteiger partial charge in [-0.15, -0.1) is 6.58 Å². The zero-order valence-corrected chi connectivity index (χ0v) is 11.7. The van der Waals surface area contributed by atoms with Gasteiger partial charge in [0.2, 0.25) is 0 Å². The van der Waals surface area contributed by atoms with Gasteiger partial charge in [0.15, 0.2) is 0 Å². The first kappa shape index (κ1) is 16.0. The second-order valence-corrected chi connectivity index (χ2v) is 4.73. The van der Waals surface area contributed by atoms with E-state index in [0.717, 1.165) is 0 Å². The number of hydrogen-bond acceptors (Lipinski definition) is 4. The van der Waals surface area contributed by atoms with Crippen molar-refractivity contribution < 1.29 is 14.8 Å². The molecule has 6 nitrogen and oxygen atoms in total. The number of nitro benzene ring substituents is 1.